The van der Waals surface area contributed by atoms with Crippen LogP contribution in [-0.2, 0) is 6.42 Å². The molecule has 4 heteroatoms. The lowest BCUT2D eigenvalue weighted by molar-refractivity contribution is 0.404. The molecule has 0 amide bonds. The van der Waals surface area contributed by atoms with Gasteiger partial charge in [-0.05, 0) is 25.1 Å². The third kappa shape index (κ3) is 1.74. The summed E-state index contributed by atoms with van der Waals surface area (Å²) in [6.07, 6.45) is 0.838. The van der Waals surface area contributed by atoms with Crippen molar-refractivity contribution in [3.8, 4) is 22.8 Å². The number of phenolic OH excluding ortho intramolecular Hbond substituents is 2. The van der Waals surface area contributed by atoms with Crippen LogP contribution in [0.5, 0.6) is 11.5 Å². The number of aryl methyl sites for hydroxylation is 2. The van der Waals surface area contributed by atoms with Gasteiger partial charge in [0.15, 0.2) is 11.5 Å². The monoisotopic (exact) mass is 218 g/mol. The fourth-order valence-corrected chi connectivity index (χ4v) is 1.64. The molecule has 1 aromatic carbocycles. The van der Waals surface area contributed by atoms with E-state index in [9.17, 15) is 10.2 Å². The molecule has 0 radical (unpaired) electrons. The fourth-order valence-electron chi connectivity index (χ4n) is 1.64. The summed E-state index contributed by atoms with van der Waals surface area (Å²) >= 11 is 0. The molecule has 0 saturated carbocycles. The molecule has 0 aliphatic heterocycles. The third-order valence-corrected chi connectivity index (χ3v) is 2.52. The molecule has 0 aliphatic carbocycles. The van der Waals surface area contributed by atoms with E-state index in [1.807, 2.05) is 13.8 Å². The second kappa shape index (κ2) is 3.89. The van der Waals surface area contributed by atoms with E-state index < -0.39 is 0 Å². The summed E-state index contributed by atoms with van der Waals surface area (Å²) in [4.78, 5) is 7.59. The number of nitrogens with zero attached hydrogens (tertiary/aromatic N) is 1. The van der Waals surface area contributed by atoms with Gasteiger partial charge in [0.25, 0.3) is 0 Å². The Balaban J connectivity index is 2.49. The van der Waals surface area contributed by atoms with Crippen molar-refractivity contribution in [2.45, 2.75) is 20.3 Å². The number of nitrogens with one attached hydrogen (secondary N) is 1. The van der Waals surface area contributed by atoms with Gasteiger partial charge >= 0.3 is 0 Å². The molecular formula is C12H14N2O2. The van der Waals surface area contributed by atoms with Crippen molar-refractivity contribution >= 4 is 0 Å². The fraction of sp³-hybridized carbons (Fsp3) is 0.250. The van der Waals surface area contributed by atoms with Gasteiger partial charge in [0.05, 0.1) is 5.69 Å². The second-order valence-corrected chi connectivity index (χ2v) is 3.71. The SMILES string of the molecule is CCc1nc(-c2ccc(O)c(O)c2)c(C)[nH]1. The van der Waals surface area contributed by atoms with E-state index in [4.69, 9.17) is 0 Å². The Bertz CT molecular complexity index is 518. The minimum atomic E-state index is -0.127. The number of aromatic amines is 1. The first-order chi connectivity index (χ1) is 7.61. The average molecular weight is 218 g/mol. The van der Waals surface area contributed by atoms with Crippen LogP contribution in [0.1, 0.15) is 18.4 Å². The quantitative estimate of drug-likeness (QED) is 0.678. The van der Waals surface area contributed by atoms with E-state index in [1.165, 1.54) is 12.1 Å². The number of rotatable bonds is 2. The maximum Gasteiger partial charge on any atom is 0.158 e. The van der Waals surface area contributed by atoms with Gasteiger partial charge in [0.1, 0.15) is 5.82 Å². The van der Waals surface area contributed by atoms with Crippen LogP contribution in [0.15, 0.2) is 18.2 Å². The van der Waals surface area contributed by atoms with Gasteiger partial charge < -0.3 is 15.2 Å². The lowest BCUT2D eigenvalue weighted by Gasteiger charge is -2.01. The van der Waals surface area contributed by atoms with Gasteiger partial charge in [-0.15, -0.1) is 0 Å². The summed E-state index contributed by atoms with van der Waals surface area (Å²) in [6, 6.07) is 4.71. The lowest BCUT2D eigenvalue weighted by Crippen LogP contribution is -1.82. The van der Waals surface area contributed by atoms with Crippen LogP contribution in [0.3, 0.4) is 0 Å². The van der Waals surface area contributed by atoms with Crippen molar-refractivity contribution in [1.29, 1.82) is 0 Å². The molecule has 0 bridgehead atoms. The summed E-state index contributed by atoms with van der Waals surface area (Å²) in [5.41, 5.74) is 2.57. The Morgan fingerprint density at radius 1 is 1.25 bits per heavy atom. The molecule has 0 atom stereocenters. The van der Waals surface area contributed by atoms with Crippen LogP contribution >= 0.6 is 0 Å². The number of phenols is 2. The highest BCUT2D eigenvalue weighted by atomic mass is 16.3. The van der Waals surface area contributed by atoms with Crippen molar-refractivity contribution in [1.82, 2.24) is 9.97 Å². The topological polar surface area (TPSA) is 69.1 Å². The van der Waals surface area contributed by atoms with Crippen molar-refractivity contribution in [3.63, 3.8) is 0 Å². The number of aromatic nitrogens is 2. The lowest BCUT2D eigenvalue weighted by atomic mass is 10.1. The molecule has 1 aromatic heterocycles. The minimum Gasteiger partial charge on any atom is -0.504 e. The van der Waals surface area contributed by atoms with E-state index in [-0.39, 0.29) is 11.5 Å². The summed E-state index contributed by atoms with van der Waals surface area (Å²) in [7, 11) is 0. The molecule has 2 rings (SSSR count). The van der Waals surface area contributed by atoms with Crippen molar-refractivity contribution < 1.29 is 10.2 Å². The van der Waals surface area contributed by atoms with Crippen LogP contribution in [0, 0.1) is 6.92 Å². The van der Waals surface area contributed by atoms with Crippen LogP contribution < -0.4 is 0 Å². The summed E-state index contributed by atoms with van der Waals surface area (Å²) in [5, 5.41) is 18.7. The third-order valence-electron chi connectivity index (χ3n) is 2.52. The number of H-pyrrole nitrogens is 1. The molecule has 0 unspecified atom stereocenters. The molecular weight excluding hydrogens is 204 g/mol. The van der Waals surface area contributed by atoms with Crippen LogP contribution in [-0.4, -0.2) is 20.2 Å². The van der Waals surface area contributed by atoms with E-state index in [0.29, 0.717) is 0 Å². The maximum absolute atomic E-state index is 9.43. The van der Waals surface area contributed by atoms with Crippen molar-refractivity contribution in [2.24, 2.45) is 0 Å². The first-order valence-electron chi connectivity index (χ1n) is 5.19. The van der Waals surface area contributed by atoms with Crippen LogP contribution in [0.2, 0.25) is 0 Å². The normalized spacial score (nSPS) is 10.6. The Morgan fingerprint density at radius 2 is 2.00 bits per heavy atom. The van der Waals surface area contributed by atoms with Crippen LogP contribution in [0.25, 0.3) is 11.3 Å². The minimum absolute atomic E-state index is 0.118. The predicted molar refractivity (Wildman–Crippen MR) is 61.5 cm³/mol. The van der Waals surface area contributed by atoms with Gasteiger partial charge in [-0.1, -0.05) is 6.92 Å². The number of hydrogen-bond acceptors (Lipinski definition) is 3. The molecule has 1 heterocycles. The average Bonchev–Trinajstić information content (AvgIpc) is 2.64. The zero-order valence-corrected chi connectivity index (χ0v) is 9.28. The number of benzene rings is 1. The smallest absolute Gasteiger partial charge is 0.158 e. The van der Waals surface area contributed by atoms with E-state index in [0.717, 1.165) is 29.2 Å². The number of aromatic hydroxyl groups is 2. The second-order valence-electron chi connectivity index (χ2n) is 3.71. The molecule has 16 heavy (non-hydrogen) atoms. The first-order valence-corrected chi connectivity index (χ1v) is 5.19. The summed E-state index contributed by atoms with van der Waals surface area (Å²) in [6.45, 7) is 3.96. The Morgan fingerprint density at radius 3 is 2.56 bits per heavy atom. The molecule has 4 nitrogen and oxygen atoms in total. The van der Waals surface area contributed by atoms with Gasteiger partial charge in [-0.25, -0.2) is 4.98 Å². The first kappa shape index (κ1) is 10.5. The van der Waals surface area contributed by atoms with E-state index in [2.05, 4.69) is 9.97 Å². The highest BCUT2D eigenvalue weighted by Gasteiger charge is 2.09. The van der Waals surface area contributed by atoms with Gasteiger partial charge in [-0.3, -0.25) is 0 Å². The number of hydrogen-bond donors (Lipinski definition) is 3. The summed E-state index contributed by atoms with van der Waals surface area (Å²) in [5.74, 6) is 0.672. The van der Waals surface area contributed by atoms with Crippen molar-refractivity contribution in [3.05, 3.63) is 29.7 Å². The zero-order valence-electron chi connectivity index (χ0n) is 9.28. The largest absolute Gasteiger partial charge is 0.504 e. The van der Waals surface area contributed by atoms with Gasteiger partial charge in [0.2, 0.25) is 0 Å². The molecule has 0 spiro atoms. The zero-order chi connectivity index (χ0) is 11.7. The molecule has 84 valence electrons. The highest BCUT2D eigenvalue weighted by molar-refractivity contribution is 5.65. The van der Waals surface area contributed by atoms with Gasteiger partial charge in [-0.2, -0.15) is 0 Å². The molecule has 2 aromatic rings. The van der Waals surface area contributed by atoms with Crippen LogP contribution in [0.4, 0.5) is 0 Å². The van der Waals surface area contributed by atoms with Gasteiger partial charge in [0, 0.05) is 17.7 Å². The molecule has 3 N–H and O–H groups in total. The highest BCUT2D eigenvalue weighted by Crippen LogP contribution is 2.30. The van der Waals surface area contributed by atoms with Crippen molar-refractivity contribution in [2.75, 3.05) is 0 Å². The van der Waals surface area contributed by atoms with E-state index in [1.54, 1.807) is 6.07 Å². The Hall–Kier alpha value is -1.97. The maximum atomic E-state index is 9.43. The Kier molecular flexibility index (Phi) is 2.56. The summed E-state index contributed by atoms with van der Waals surface area (Å²) < 4.78 is 0. The standard InChI is InChI=1S/C12H14N2O2/c1-3-11-13-7(2)12(14-11)8-4-5-9(15)10(16)6-8/h4-6,15-16H,3H2,1-2H3,(H,13,14). The molecule has 0 fully saturated rings. The van der Waals surface area contributed by atoms with E-state index >= 15 is 0 Å². The molecule has 0 aliphatic rings. The number of imidazole rings is 1. The predicted octanol–water partition coefficient (Wildman–Crippen LogP) is 2.36. The molecule has 0 saturated heterocycles. The Labute approximate surface area is 93.6 Å².